The minimum absolute atomic E-state index is 0.0492. The van der Waals surface area contributed by atoms with E-state index in [0.29, 0.717) is 20.9 Å². The summed E-state index contributed by atoms with van der Waals surface area (Å²) in [6, 6.07) is 3.28. The van der Waals surface area contributed by atoms with Crippen LogP contribution >= 0.6 is 27.5 Å². The van der Waals surface area contributed by atoms with Gasteiger partial charge < -0.3 is 24.8 Å². The van der Waals surface area contributed by atoms with Gasteiger partial charge >= 0.3 is 5.97 Å². The monoisotopic (exact) mass is 418 g/mol. The highest BCUT2D eigenvalue weighted by Gasteiger charge is 2.35. The Morgan fingerprint density at radius 1 is 1.46 bits per heavy atom. The van der Waals surface area contributed by atoms with Gasteiger partial charge in [0.05, 0.1) is 48.1 Å². The number of amides is 1. The number of rotatable bonds is 6. The molecule has 0 aliphatic carbocycles. The van der Waals surface area contributed by atoms with Crippen LogP contribution in [0.1, 0.15) is 0 Å². The lowest BCUT2D eigenvalue weighted by atomic mass is 10.2. The number of nitrogens with zero attached hydrogens (tertiary/aromatic N) is 1. The molecule has 1 aromatic carbocycles. The van der Waals surface area contributed by atoms with Gasteiger partial charge in [0.2, 0.25) is 0 Å². The van der Waals surface area contributed by atoms with Crippen LogP contribution in [0.4, 0.5) is 5.69 Å². The van der Waals surface area contributed by atoms with Gasteiger partial charge in [-0.15, -0.1) is 0 Å². The minimum Gasteiger partial charge on any atom is -0.495 e. The second kappa shape index (κ2) is 7.87. The summed E-state index contributed by atoms with van der Waals surface area (Å²) in [7, 11) is 2.74. The van der Waals surface area contributed by atoms with Gasteiger partial charge in [0, 0.05) is 6.54 Å². The lowest BCUT2D eigenvalue weighted by Crippen LogP contribution is -2.31. The molecular weight excluding hydrogens is 404 g/mol. The first-order chi connectivity index (χ1) is 11.4. The fraction of sp³-hybridized carbons (Fsp3) is 0.333. The Bertz CT molecular complexity index is 707. The van der Waals surface area contributed by atoms with Crippen molar-refractivity contribution in [3.63, 3.8) is 0 Å². The third-order valence-corrected chi connectivity index (χ3v) is 4.58. The summed E-state index contributed by atoms with van der Waals surface area (Å²) in [5.41, 5.74) is 0.625. The van der Waals surface area contributed by atoms with Gasteiger partial charge in [-0.25, -0.2) is 4.79 Å². The number of methoxy groups -OCH3 is 2. The summed E-state index contributed by atoms with van der Waals surface area (Å²) in [6.45, 7) is -0.0534. The number of nitrogens with one attached hydrogen (secondary N) is 1. The molecule has 2 N–H and O–H groups in total. The maximum absolute atomic E-state index is 12.5. The molecule has 0 fully saturated rings. The van der Waals surface area contributed by atoms with Crippen LogP contribution in [0.15, 0.2) is 27.9 Å². The van der Waals surface area contributed by atoms with Crippen LogP contribution in [0.2, 0.25) is 5.02 Å². The molecule has 0 spiro atoms. The topological polar surface area (TPSA) is 88.1 Å². The van der Waals surface area contributed by atoms with E-state index in [2.05, 4.69) is 21.2 Å². The maximum Gasteiger partial charge on any atom is 0.337 e. The largest absolute Gasteiger partial charge is 0.495 e. The number of hydrogen-bond acceptors (Lipinski definition) is 6. The van der Waals surface area contributed by atoms with Crippen molar-refractivity contribution in [3.05, 3.63) is 32.9 Å². The number of ether oxygens (including phenoxy) is 2. The van der Waals surface area contributed by atoms with Crippen molar-refractivity contribution in [2.24, 2.45) is 0 Å². The van der Waals surface area contributed by atoms with Crippen molar-refractivity contribution in [2.45, 2.75) is 0 Å². The quantitative estimate of drug-likeness (QED) is 0.684. The molecule has 1 amide bonds. The highest BCUT2D eigenvalue weighted by Crippen LogP contribution is 2.39. The van der Waals surface area contributed by atoms with Crippen molar-refractivity contribution in [3.8, 4) is 5.75 Å². The molecule has 1 aliphatic heterocycles. The van der Waals surface area contributed by atoms with E-state index in [4.69, 9.17) is 26.2 Å². The number of hydrogen-bond donors (Lipinski definition) is 2. The van der Waals surface area contributed by atoms with Gasteiger partial charge in [0.15, 0.2) is 0 Å². The molecule has 0 bridgehead atoms. The summed E-state index contributed by atoms with van der Waals surface area (Å²) in [4.78, 5) is 25.8. The summed E-state index contributed by atoms with van der Waals surface area (Å²) in [5, 5.41) is 12.3. The highest BCUT2D eigenvalue weighted by atomic mass is 79.9. The Kier molecular flexibility index (Phi) is 6.09. The maximum atomic E-state index is 12.5. The second-order valence-corrected chi connectivity index (χ2v) is 6.06. The first-order valence-electron chi connectivity index (χ1n) is 6.95. The molecule has 0 unspecified atom stereocenters. The molecule has 1 heterocycles. The molecule has 0 atom stereocenters. The van der Waals surface area contributed by atoms with Crippen molar-refractivity contribution >= 4 is 45.1 Å². The van der Waals surface area contributed by atoms with E-state index in [1.54, 1.807) is 12.1 Å². The van der Waals surface area contributed by atoms with Crippen LogP contribution in [-0.4, -0.2) is 55.8 Å². The van der Waals surface area contributed by atoms with E-state index in [-0.39, 0.29) is 31.0 Å². The fourth-order valence-electron chi connectivity index (χ4n) is 2.28. The zero-order valence-electron chi connectivity index (χ0n) is 13.1. The standard InChI is InChI=1S/C15H16BrClN2O5/c1-23-10-4-3-9(17)13(11(10)16)18-12-8(15(22)24-2)7-19(5-6-20)14(12)21/h3-4,18,20H,5-7H2,1-2H3. The van der Waals surface area contributed by atoms with Gasteiger partial charge in [-0.1, -0.05) is 11.6 Å². The third kappa shape index (κ3) is 3.50. The zero-order chi connectivity index (χ0) is 17.9. The van der Waals surface area contributed by atoms with Crippen molar-refractivity contribution in [1.29, 1.82) is 0 Å². The van der Waals surface area contributed by atoms with Gasteiger partial charge in [0.1, 0.15) is 11.4 Å². The first kappa shape index (κ1) is 18.6. The molecular formula is C15H16BrClN2O5. The third-order valence-electron chi connectivity index (χ3n) is 3.48. The molecule has 130 valence electrons. The number of esters is 1. The number of halogens is 2. The average molecular weight is 420 g/mol. The van der Waals surface area contributed by atoms with Gasteiger partial charge in [-0.3, -0.25) is 4.79 Å². The van der Waals surface area contributed by atoms with E-state index in [9.17, 15) is 9.59 Å². The number of carbonyl (C=O) groups is 2. The average Bonchev–Trinajstić information content (AvgIpc) is 2.87. The normalized spacial score (nSPS) is 14.2. The summed E-state index contributed by atoms with van der Waals surface area (Å²) in [6.07, 6.45) is 0. The van der Waals surface area contributed by atoms with Crippen LogP contribution in [0.3, 0.4) is 0 Å². The number of carbonyl (C=O) groups excluding carboxylic acids is 2. The predicted molar refractivity (Wildman–Crippen MR) is 92.0 cm³/mol. The summed E-state index contributed by atoms with van der Waals surface area (Å²) >= 11 is 9.56. The zero-order valence-corrected chi connectivity index (χ0v) is 15.4. The van der Waals surface area contributed by atoms with Gasteiger partial charge in [-0.05, 0) is 28.1 Å². The minimum atomic E-state index is -0.624. The van der Waals surface area contributed by atoms with Crippen LogP contribution in [0, 0.1) is 0 Å². The van der Waals surface area contributed by atoms with E-state index in [1.807, 2.05) is 0 Å². The fourth-order valence-corrected chi connectivity index (χ4v) is 3.21. The van der Waals surface area contributed by atoms with Crippen molar-refractivity contribution in [2.75, 3.05) is 39.2 Å². The Labute approximate surface area is 152 Å². The Balaban J connectivity index is 2.45. The highest BCUT2D eigenvalue weighted by molar-refractivity contribution is 9.10. The molecule has 0 aromatic heterocycles. The number of aliphatic hydroxyl groups excluding tert-OH is 1. The predicted octanol–water partition coefficient (Wildman–Crippen LogP) is 1.78. The smallest absolute Gasteiger partial charge is 0.337 e. The van der Waals surface area contributed by atoms with Crippen molar-refractivity contribution in [1.82, 2.24) is 4.90 Å². The van der Waals surface area contributed by atoms with Crippen LogP contribution in [0.5, 0.6) is 5.75 Å². The molecule has 7 nitrogen and oxygen atoms in total. The molecule has 1 aliphatic rings. The lowest BCUT2D eigenvalue weighted by Gasteiger charge is -2.16. The molecule has 0 saturated carbocycles. The van der Waals surface area contributed by atoms with E-state index in [0.717, 1.165) is 0 Å². The SMILES string of the molecule is COC(=O)C1=C(Nc2c(Cl)ccc(OC)c2Br)C(=O)N(CCO)C1. The number of anilines is 1. The molecule has 0 saturated heterocycles. The number of aliphatic hydroxyl groups is 1. The summed E-state index contributed by atoms with van der Waals surface area (Å²) < 4.78 is 10.5. The molecule has 0 radical (unpaired) electrons. The molecule has 24 heavy (non-hydrogen) atoms. The summed E-state index contributed by atoms with van der Waals surface area (Å²) in [5.74, 6) is -0.531. The van der Waals surface area contributed by atoms with E-state index in [1.165, 1.54) is 19.1 Å². The lowest BCUT2D eigenvalue weighted by molar-refractivity contribution is -0.136. The molecule has 9 heteroatoms. The van der Waals surface area contributed by atoms with E-state index < -0.39 is 11.9 Å². The van der Waals surface area contributed by atoms with Crippen LogP contribution in [0.25, 0.3) is 0 Å². The van der Waals surface area contributed by atoms with Gasteiger partial charge in [0.25, 0.3) is 5.91 Å². The number of benzene rings is 1. The Morgan fingerprint density at radius 3 is 2.75 bits per heavy atom. The first-order valence-corrected chi connectivity index (χ1v) is 8.12. The van der Waals surface area contributed by atoms with Crippen LogP contribution in [-0.2, 0) is 14.3 Å². The van der Waals surface area contributed by atoms with Gasteiger partial charge in [-0.2, -0.15) is 0 Å². The Hall–Kier alpha value is -1.77. The molecule has 1 aromatic rings. The number of β-amino-alcohol motifs (C(OH)–C–C–N with tert-alkyl or cyclic N) is 1. The van der Waals surface area contributed by atoms with E-state index >= 15 is 0 Å². The van der Waals surface area contributed by atoms with Crippen LogP contribution < -0.4 is 10.1 Å². The Morgan fingerprint density at radius 2 is 2.17 bits per heavy atom. The molecule has 2 rings (SSSR count). The second-order valence-electron chi connectivity index (χ2n) is 4.86. The van der Waals surface area contributed by atoms with Crippen molar-refractivity contribution < 1.29 is 24.2 Å².